The lowest BCUT2D eigenvalue weighted by Gasteiger charge is -2.33. The van der Waals surface area contributed by atoms with Crippen LogP contribution in [0.1, 0.15) is 25.5 Å². The van der Waals surface area contributed by atoms with E-state index in [2.05, 4.69) is 20.2 Å². The number of guanidine groups is 1. The molecule has 1 saturated heterocycles. The van der Waals surface area contributed by atoms with Crippen LogP contribution in [-0.2, 0) is 16.0 Å². The zero-order valence-electron chi connectivity index (χ0n) is 14.4. The van der Waals surface area contributed by atoms with Crippen LogP contribution < -0.4 is 5.32 Å². The second-order valence-corrected chi connectivity index (χ2v) is 5.58. The molecule has 1 aliphatic heterocycles. The summed E-state index contributed by atoms with van der Waals surface area (Å²) in [6.07, 6.45) is 4.51. The molecule has 1 aromatic rings. The van der Waals surface area contributed by atoms with E-state index in [-0.39, 0.29) is 35.9 Å². The van der Waals surface area contributed by atoms with Crippen molar-refractivity contribution in [1.29, 1.82) is 0 Å². The number of esters is 1. The molecule has 134 valence electrons. The lowest BCUT2D eigenvalue weighted by molar-refractivity contribution is -0.149. The van der Waals surface area contributed by atoms with Gasteiger partial charge in [-0.2, -0.15) is 0 Å². The minimum Gasteiger partial charge on any atom is -0.466 e. The number of nitrogens with one attached hydrogen (secondary N) is 1. The van der Waals surface area contributed by atoms with Gasteiger partial charge < -0.3 is 15.0 Å². The Balaban J connectivity index is 0.00000288. The van der Waals surface area contributed by atoms with Crippen LogP contribution in [0.2, 0.25) is 0 Å². The zero-order valence-corrected chi connectivity index (χ0v) is 16.7. The highest BCUT2D eigenvalue weighted by atomic mass is 127. The number of rotatable bonds is 5. The fourth-order valence-corrected chi connectivity index (χ4v) is 2.80. The number of piperidine rings is 1. The molecule has 1 unspecified atom stereocenters. The minimum absolute atomic E-state index is 0. The van der Waals surface area contributed by atoms with Gasteiger partial charge in [-0.15, -0.1) is 24.0 Å². The fourth-order valence-electron chi connectivity index (χ4n) is 2.80. The van der Waals surface area contributed by atoms with E-state index in [1.165, 1.54) is 0 Å². The van der Waals surface area contributed by atoms with Gasteiger partial charge in [0.25, 0.3) is 0 Å². The third-order valence-corrected chi connectivity index (χ3v) is 3.94. The number of likely N-dealkylation sites (tertiary alicyclic amines) is 1. The van der Waals surface area contributed by atoms with Crippen LogP contribution in [-0.4, -0.2) is 55.1 Å². The van der Waals surface area contributed by atoms with E-state index in [1.54, 1.807) is 13.2 Å². The van der Waals surface area contributed by atoms with E-state index < -0.39 is 0 Å². The quantitative estimate of drug-likeness (QED) is 0.325. The third kappa shape index (κ3) is 6.26. The van der Waals surface area contributed by atoms with E-state index in [9.17, 15) is 4.79 Å². The molecular formula is C17H27IN4O2. The number of halogens is 1. The van der Waals surface area contributed by atoms with Crippen LogP contribution in [0.4, 0.5) is 0 Å². The Bertz CT molecular complexity index is 525. The van der Waals surface area contributed by atoms with Gasteiger partial charge in [-0.25, -0.2) is 0 Å². The van der Waals surface area contributed by atoms with Gasteiger partial charge in [0.05, 0.1) is 12.5 Å². The fraction of sp³-hybridized carbons (Fsp3) is 0.588. The summed E-state index contributed by atoms with van der Waals surface area (Å²) in [5.74, 6) is 0.689. The van der Waals surface area contributed by atoms with E-state index >= 15 is 0 Å². The van der Waals surface area contributed by atoms with Crippen LogP contribution in [0.5, 0.6) is 0 Å². The van der Waals surface area contributed by atoms with E-state index in [1.807, 2.05) is 25.1 Å². The highest BCUT2D eigenvalue weighted by Crippen LogP contribution is 2.18. The topological polar surface area (TPSA) is 66.8 Å². The van der Waals surface area contributed by atoms with E-state index in [0.717, 1.165) is 44.0 Å². The van der Waals surface area contributed by atoms with Crippen molar-refractivity contribution < 1.29 is 9.53 Å². The summed E-state index contributed by atoms with van der Waals surface area (Å²) in [6, 6.07) is 5.92. The molecule has 0 bridgehead atoms. The number of pyridine rings is 1. The lowest BCUT2D eigenvalue weighted by atomic mass is 9.98. The SMILES string of the molecule is CCOC(=O)C1CCCN(C(=NC)NCCc2ccccn2)C1.I. The first-order valence-electron chi connectivity index (χ1n) is 8.26. The molecule has 0 radical (unpaired) electrons. The van der Waals surface area contributed by atoms with Crippen molar-refractivity contribution in [2.45, 2.75) is 26.2 Å². The Morgan fingerprint density at radius 1 is 1.50 bits per heavy atom. The number of carbonyl (C=O) groups excluding carboxylic acids is 1. The first kappa shape index (κ1) is 20.7. The largest absolute Gasteiger partial charge is 0.466 e. The van der Waals surface area contributed by atoms with Crippen molar-refractivity contribution in [2.75, 3.05) is 33.3 Å². The van der Waals surface area contributed by atoms with E-state index in [4.69, 9.17) is 4.74 Å². The maximum Gasteiger partial charge on any atom is 0.310 e. The Kier molecular flexibility index (Phi) is 9.66. The van der Waals surface area contributed by atoms with Crippen LogP contribution in [0.3, 0.4) is 0 Å². The molecule has 0 aromatic carbocycles. The first-order chi connectivity index (χ1) is 11.2. The van der Waals surface area contributed by atoms with Gasteiger partial charge in [-0.1, -0.05) is 6.07 Å². The molecule has 1 aromatic heterocycles. The standard InChI is InChI=1S/C17H26N4O2.HI/c1-3-23-16(22)14-7-6-12-21(13-14)17(18-2)20-11-9-15-8-4-5-10-19-15;/h4-5,8,10,14H,3,6-7,9,11-13H2,1-2H3,(H,18,20);1H. The molecule has 6 nitrogen and oxygen atoms in total. The highest BCUT2D eigenvalue weighted by molar-refractivity contribution is 14.0. The Labute approximate surface area is 161 Å². The van der Waals surface area contributed by atoms with Crippen LogP contribution in [0.25, 0.3) is 0 Å². The number of carbonyl (C=O) groups is 1. The van der Waals surface area contributed by atoms with Crippen LogP contribution in [0, 0.1) is 5.92 Å². The van der Waals surface area contributed by atoms with Crippen LogP contribution in [0.15, 0.2) is 29.4 Å². The summed E-state index contributed by atoms with van der Waals surface area (Å²) in [7, 11) is 1.77. The smallest absolute Gasteiger partial charge is 0.310 e. The first-order valence-corrected chi connectivity index (χ1v) is 8.26. The molecule has 0 spiro atoms. The maximum atomic E-state index is 11.9. The van der Waals surface area contributed by atoms with Crippen molar-refractivity contribution in [1.82, 2.24) is 15.2 Å². The van der Waals surface area contributed by atoms with Crippen molar-refractivity contribution in [3.8, 4) is 0 Å². The number of nitrogens with zero attached hydrogens (tertiary/aromatic N) is 3. The summed E-state index contributed by atoms with van der Waals surface area (Å²) in [5, 5.41) is 3.36. The Morgan fingerprint density at radius 3 is 3.00 bits per heavy atom. The normalized spacial score (nSPS) is 17.8. The summed E-state index contributed by atoms with van der Waals surface area (Å²) in [5.41, 5.74) is 1.05. The van der Waals surface area contributed by atoms with Gasteiger partial charge in [0.1, 0.15) is 0 Å². The number of aromatic nitrogens is 1. The second-order valence-electron chi connectivity index (χ2n) is 5.58. The predicted molar refractivity (Wildman–Crippen MR) is 106 cm³/mol. The molecule has 24 heavy (non-hydrogen) atoms. The average Bonchev–Trinajstić information content (AvgIpc) is 2.60. The molecule has 7 heteroatoms. The van der Waals surface area contributed by atoms with Crippen molar-refractivity contribution >= 4 is 35.9 Å². The minimum atomic E-state index is -0.0962. The average molecular weight is 446 g/mol. The third-order valence-electron chi connectivity index (χ3n) is 3.94. The summed E-state index contributed by atoms with van der Waals surface area (Å²) >= 11 is 0. The van der Waals surface area contributed by atoms with Crippen LogP contribution >= 0.6 is 24.0 Å². The van der Waals surface area contributed by atoms with Crippen molar-refractivity contribution in [2.24, 2.45) is 10.9 Å². The van der Waals surface area contributed by atoms with Gasteiger partial charge in [0, 0.05) is 45.0 Å². The molecule has 1 atom stereocenters. The van der Waals surface area contributed by atoms with Crippen molar-refractivity contribution in [3.05, 3.63) is 30.1 Å². The van der Waals surface area contributed by atoms with Gasteiger partial charge in [-0.05, 0) is 31.9 Å². The Morgan fingerprint density at radius 2 is 2.33 bits per heavy atom. The molecule has 0 saturated carbocycles. The van der Waals surface area contributed by atoms with Gasteiger partial charge in [-0.3, -0.25) is 14.8 Å². The molecule has 0 amide bonds. The summed E-state index contributed by atoms with van der Waals surface area (Å²) in [4.78, 5) is 22.7. The highest BCUT2D eigenvalue weighted by Gasteiger charge is 2.28. The number of hydrogen-bond acceptors (Lipinski definition) is 4. The number of ether oxygens (including phenoxy) is 1. The zero-order chi connectivity index (χ0) is 16.5. The van der Waals surface area contributed by atoms with E-state index in [0.29, 0.717) is 13.2 Å². The molecule has 1 aliphatic rings. The predicted octanol–water partition coefficient (Wildman–Crippen LogP) is 2.09. The summed E-state index contributed by atoms with van der Waals surface area (Å²) < 4.78 is 5.15. The van der Waals surface area contributed by atoms with Gasteiger partial charge in [0.15, 0.2) is 5.96 Å². The maximum absolute atomic E-state index is 11.9. The lowest BCUT2D eigenvalue weighted by Crippen LogP contribution is -2.48. The monoisotopic (exact) mass is 446 g/mol. The molecule has 1 N–H and O–H groups in total. The Hall–Kier alpha value is -1.38. The molecule has 2 heterocycles. The molecule has 2 rings (SSSR count). The number of aliphatic imine (C=N–C) groups is 1. The number of hydrogen-bond donors (Lipinski definition) is 1. The second kappa shape index (κ2) is 11.2. The van der Waals surface area contributed by atoms with Gasteiger partial charge >= 0.3 is 5.97 Å². The molecule has 1 fully saturated rings. The molecule has 0 aliphatic carbocycles. The summed E-state index contributed by atoms with van der Waals surface area (Å²) in [6.45, 7) is 4.63. The van der Waals surface area contributed by atoms with Crippen molar-refractivity contribution in [3.63, 3.8) is 0 Å². The van der Waals surface area contributed by atoms with Gasteiger partial charge in [0.2, 0.25) is 0 Å². The molecular weight excluding hydrogens is 419 g/mol.